The maximum Gasteiger partial charge on any atom is 0.217 e. The van der Waals surface area contributed by atoms with Gasteiger partial charge in [-0.25, -0.2) is 0 Å². The molecule has 106 valence electrons. The maximum absolute atomic E-state index is 12.9. The monoisotopic (exact) mass is 265 g/mol. The summed E-state index contributed by atoms with van der Waals surface area (Å²) in [5, 5.41) is 9.91. The van der Waals surface area contributed by atoms with Crippen LogP contribution in [0.5, 0.6) is 5.75 Å². The summed E-state index contributed by atoms with van der Waals surface area (Å²) in [4.78, 5) is 18.4. The molecule has 1 rings (SSSR count). The van der Waals surface area contributed by atoms with Crippen molar-refractivity contribution in [3.05, 3.63) is 29.8 Å². The fraction of sp³-hybridized carbons (Fsp3) is 0.500. The molecule has 0 radical (unpaired) electrons. The Morgan fingerprint density at radius 3 is 1.74 bits per heavy atom. The number of hydrogen-bond donors (Lipinski definition) is 1. The molecule has 0 aliphatic heterocycles. The van der Waals surface area contributed by atoms with Gasteiger partial charge in [0.1, 0.15) is 5.75 Å². The molecule has 0 spiro atoms. The van der Waals surface area contributed by atoms with Crippen molar-refractivity contribution >= 4 is 5.78 Å². The van der Waals surface area contributed by atoms with Crippen LogP contribution in [0.1, 0.15) is 10.4 Å². The van der Waals surface area contributed by atoms with Crippen molar-refractivity contribution < 1.29 is 9.90 Å². The molecule has 1 aromatic carbocycles. The highest BCUT2D eigenvalue weighted by atomic mass is 16.3. The standard InChI is InChI=1S/C14H23N3O2/c1-15(2)14(16(3)4,17(5)6)13(19)11-9-7-8-10-12(11)18/h7-10,18H,1-6H3. The average molecular weight is 265 g/mol. The van der Waals surface area contributed by atoms with E-state index in [1.54, 1.807) is 18.2 Å². The average Bonchev–Trinajstić information content (AvgIpc) is 2.28. The molecule has 0 fully saturated rings. The number of carbonyl (C=O) groups excluding carboxylic acids is 1. The number of phenols is 1. The van der Waals surface area contributed by atoms with E-state index in [2.05, 4.69) is 0 Å². The van der Waals surface area contributed by atoms with Crippen LogP contribution in [0, 0.1) is 0 Å². The van der Waals surface area contributed by atoms with Crippen LogP contribution in [-0.2, 0) is 0 Å². The fourth-order valence-corrected chi connectivity index (χ4v) is 2.66. The Bertz CT molecular complexity index is 434. The predicted octanol–water partition coefficient (Wildman–Crippen LogP) is 0.913. The van der Waals surface area contributed by atoms with E-state index in [9.17, 15) is 9.90 Å². The molecule has 0 aromatic heterocycles. The van der Waals surface area contributed by atoms with Crippen molar-refractivity contribution in [1.82, 2.24) is 14.7 Å². The molecule has 1 aromatic rings. The minimum absolute atomic E-state index is 0.00225. The van der Waals surface area contributed by atoms with Gasteiger partial charge in [0.2, 0.25) is 5.78 Å². The molecule has 0 bridgehead atoms. The third-order valence-corrected chi connectivity index (χ3v) is 3.32. The maximum atomic E-state index is 12.9. The van der Waals surface area contributed by atoms with E-state index < -0.39 is 5.79 Å². The molecule has 5 heteroatoms. The number of nitrogens with zero attached hydrogens (tertiary/aromatic N) is 3. The first-order valence-electron chi connectivity index (χ1n) is 6.11. The van der Waals surface area contributed by atoms with Crippen LogP contribution in [0.4, 0.5) is 0 Å². The molecule has 1 N–H and O–H groups in total. The van der Waals surface area contributed by atoms with Crippen LogP contribution in [0.15, 0.2) is 24.3 Å². The third kappa shape index (κ3) is 2.49. The molecular formula is C14H23N3O2. The largest absolute Gasteiger partial charge is 0.507 e. The van der Waals surface area contributed by atoms with Crippen molar-refractivity contribution in [3.8, 4) is 5.75 Å². The van der Waals surface area contributed by atoms with Crippen molar-refractivity contribution in [2.75, 3.05) is 42.3 Å². The number of likely N-dealkylation sites (N-methyl/N-ethyl adjacent to an activating group) is 3. The summed E-state index contributed by atoms with van der Waals surface area (Å²) in [5.41, 5.74) is 0.318. The molecular weight excluding hydrogens is 242 g/mol. The summed E-state index contributed by atoms with van der Waals surface area (Å²) in [5.74, 6) is -1.10. The lowest BCUT2D eigenvalue weighted by molar-refractivity contribution is -0.0749. The van der Waals surface area contributed by atoms with Crippen LogP contribution in [-0.4, -0.2) is 73.7 Å². The summed E-state index contributed by atoms with van der Waals surface area (Å²) < 4.78 is 0. The van der Waals surface area contributed by atoms with Gasteiger partial charge in [0.25, 0.3) is 0 Å². The number of benzene rings is 1. The summed E-state index contributed by atoms with van der Waals surface area (Å²) in [7, 11) is 11.1. The molecule has 0 saturated heterocycles. The number of rotatable bonds is 5. The number of para-hydroxylation sites is 1. The van der Waals surface area contributed by atoms with Crippen LogP contribution in [0.2, 0.25) is 0 Å². The molecule has 5 nitrogen and oxygen atoms in total. The van der Waals surface area contributed by atoms with Crippen molar-refractivity contribution in [2.45, 2.75) is 5.79 Å². The highest BCUT2D eigenvalue weighted by Crippen LogP contribution is 2.28. The second kappa shape index (κ2) is 5.69. The number of carbonyl (C=O) groups is 1. The Morgan fingerprint density at radius 1 is 0.947 bits per heavy atom. The van der Waals surface area contributed by atoms with E-state index in [0.717, 1.165) is 0 Å². The zero-order valence-corrected chi connectivity index (χ0v) is 12.5. The van der Waals surface area contributed by atoms with Gasteiger partial charge in [0.05, 0.1) is 5.56 Å². The van der Waals surface area contributed by atoms with E-state index in [1.807, 2.05) is 57.0 Å². The van der Waals surface area contributed by atoms with Gasteiger partial charge in [0, 0.05) is 0 Å². The minimum atomic E-state index is -0.946. The van der Waals surface area contributed by atoms with Gasteiger partial charge < -0.3 is 5.11 Å². The van der Waals surface area contributed by atoms with Gasteiger partial charge in [-0.05, 0) is 54.4 Å². The smallest absolute Gasteiger partial charge is 0.217 e. The number of hydrogen-bond acceptors (Lipinski definition) is 5. The lowest BCUT2D eigenvalue weighted by Crippen LogP contribution is -2.68. The number of Topliss-reactive ketones (excluding diaryl/α,β-unsaturated/α-hetero) is 1. The molecule has 0 saturated carbocycles. The van der Waals surface area contributed by atoms with E-state index in [-0.39, 0.29) is 11.5 Å². The zero-order chi connectivity index (χ0) is 14.8. The Morgan fingerprint density at radius 2 is 1.37 bits per heavy atom. The lowest BCUT2D eigenvalue weighted by Gasteiger charge is -2.48. The molecule has 19 heavy (non-hydrogen) atoms. The van der Waals surface area contributed by atoms with Crippen molar-refractivity contribution in [3.63, 3.8) is 0 Å². The van der Waals surface area contributed by atoms with Gasteiger partial charge >= 0.3 is 0 Å². The minimum Gasteiger partial charge on any atom is -0.507 e. The first-order chi connectivity index (χ1) is 8.76. The van der Waals surface area contributed by atoms with Crippen LogP contribution >= 0.6 is 0 Å². The first kappa shape index (κ1) is 15.6. The van der Waals surface area contributed by atoms with Crippen LogP contribution < -0.4 is 0 Å². The molecule has 0 aliphatic rings. The van der Waals surface area contributed by atoms with Gasteiger partial charge in [-0.15, -0.1) is 0 Å². The van der Waals surface area contributed by atoms with Gasteiger partial charge in [-0.1, -0.05) is 12.1 Å². The van der Waals surface area contributed by atoms with E-state index in [1.165, 1.54) is 6.07 Å². The van der Waals surface area contributed by atoms with E-state index in [4.69, 9.17) is 0 Å². The second-order valence-corrected chi connectivity index (χ2v) is 5.16. The quantitative estimate of drug-likeness (QED) is 0.633. The van der Waals surface area contributed by atoms with E-state index in [0.29, 0.717) is 5.56 Å². The van der Waals surface area contributed by atoms with Gasteiger partial charge in [-0.2, -0.15) is 0 Å². The summed E-state index contributed by atoms with van der Waals surface area (Å²) in [6, 6.07) is 6.62. The molecule has 0 atom stereocenters. The van der Waals surface area contributed by atoms with Crippen LogP contribution in [0.3, 0.4) is 0 Å². The fourth-order valence-electron chi connectivity index (χ4n) is 2.66. The molecule has 0 unspecified atom stereocenters. The van der Waals surface area contributed by atoms with Gasteiger partial charge in [0.15, 0.2) is 5.79 Å². The van der Waals surface area contributed by atoms with Crippen molar-refractivity contribution in [1.29, 1.82) is 0 Å². The first-order valence-corrected chi connectivity index (χ1v) is 6.11. The number of aromatic hydroxyl groups is 1. The summed E-state index contributed by atoms with van der Waals surface area (Å²) >= 11 is 0. The predicted molar refractivity (Wildman–Crippen MR) is 76.2 cm³/mol. The molecule has 0 amide bonds. The summed E-state index contributed by atoms with van der Waals surface area (Å²) in [6.45, 7) is 0. The second-order valence-electron chi connectivity index (χ2n) is 5.16. The topological polar surface area (TPSA) is 47.0 Å². The molecule has 0 aliphatic carbocycles. The van der Waals surface area contributed by atoms with Crippen molar-refractivity contribution in [2.24, 2.45) is 0 Å². The Hall–Kier alpha value is -1.43. The summed E-state index contributed by atoms with van der Waals surface area (Å²) in [6.07, 6.45) is 0. The highest BCUT2D eigenvalue weighted by molar-refractivity contribution is 6.04. The lowest BCUT2D eigenvalue weighted by atomic mass is 10.0. The third-order valence-electron chi connectivity index (χ3n) is 3.32. The molecule has 0 heterocycles. The Balaban J connectivity index is 3.42. The van der Waals surface area contributed by atoms with E-state index >= 15 is 0 Å². The Kier molecular flexibility index (Phi) is 4.68. The zero-order valence-electron chi connectivity index (χ0n) is 12.5. The number of ketones is 1. The highest BCUT2D eigenvalue weighted by Gasteiger charge is 2.46. The van der Waals surface area contributed by atoms with Gasteiger partial charge in [-0.3, -0.25) is 19.5 Å². The normalized spacial score (nSPS) is 12.5. The SMILES string of the molecule is CN(C)C(C(=O)c1ccccc1O)(N(C)C)N(C)C. The Labute approximate surface area is 115 Å². The number of phenolic OH excluding ortho intramolecular Hbond substituents is 1. The van der Waals surface area contributed by atoms with Crippen LogP contribution in [0.25, 0.3) is 0 Å².